The Balaban J connectivity index is 1.89. The van der Waals surface area contributed by atoms with Gasteiger partial charge >= 0.3 is 0 Å². The Morgan fingerprint density at radius 2 is 1.96 bits per heavy atom. The Morgan fingerprint density at radius 3 is 2.72 bits per heavy atom. The van der Waals surface area contributed by atoms with Crippen molar-refractivity contribution in [2.24, 2.45) is 0 Å². The lowest BCUT2D eigenvalue weighted by atomic mass is 10.0. The summed E-state index contributed by atoms with van der Waals surface area (Å²) in [7, 11) is 0. The standard InChI is InChI=1S/C19H24N4O2/c1-4-9-20-18(24)15-6-5-7-16(12-15)19(25)22-13(2)11-14(3)23-17(22)8-10-21-23/h5-8,10,12-14H,4,9,11H2,1-3H3,(H,20,24)/t13-,14+/m1/s1. The first kappa shape index (κ1) is 17.2. The van der Waals surface area contributed by atoms with Gasteiger partial charge in [-0.1, -0.05) is 13.0 Å². The molecule has 1 aromatic carbocycles. The van der Waals surface area contributed by atoms with Gasteiger partial charge in [0.25, 0.3) is 11.8 Å². The molecule has 1 N–H and O–H groups in total. The number of rotatable bonds is 4. The zero-order valence-electron chi connectivity index (χ0n) is 14.9. The minimum Gasteiger partial charge on any atom is -0.352 e. The molecule has 2 heterocycles. The number of carbonyl (C=O) groups is 2. The second kappa shape index (κ2) is 7.09. The summed E-state index contributed by atoms with van der Waals surface area (Å²) in [5, 5.41) is 7.18. The number of hydrogen-bond donors (Lipinski definition) is 1. The highest BCUT2D eigenvalue weighted by atomic mass is 16.2. The number of hydrogen-bond acceptors (Lipinski definition) is 3. The van der Waals surface area contributed by atoms with Gasteiger partial charge in [0, 0.05) is 29.8 Å². The summed E-state index contributed by atoms with van der Waals surface area (Å²) < 4.78 is 1.88. The van der Waals surface area contributed by atoms with Gasteiger partial charge in [-0.25, -0.2) is 4.68 Å². The van der Waals surface area contributed by atoms with E-state index in [2.05, 4.69) is 17.3 Å². The maximum Gasteiger partial charge on any atom is 0.259 e. The predicted octanol–water partition coefficient (Wildman–Crippen LogP) is 3.02. The van der Waals surface area contributed by atoms with Gasteiger partial charge in [0.1, 0.15) is 5.82 Å². The van der Waals surface area contributed by atoms with Crippen molar-refractivity contribution in [3.8, 4) is 0 Å². The average molecular weight is 340 g/mol. The molecule has 132 valence electrons. The van der Waals surface area contributed by atoms with Gasteiger partial charge in [-0.05, 0) is 44.9 Å². The van der Waals surface area contributed by atoms with Gasteiger partial charge in [-0.15, -0.1) is 0 Å². The molecule has 25 heavy (non-hydrogen) atoms. The highest BCUT2D eigenvalue weighted by Gasteiger charge is 2.33. The number of nitrogens with zero attached hydrogens (tertiary/aromatic N) is 3. The van der Waals surface area contributed by atoms with E-state index in [1.54, 1.807) is 35.4 Å². The van der Waals surface area contributed by atoms with Gasteiger partial charge in [0.2, 0.25) is 0 Å². The molecule has 2 aromatic rings. The van der Waals surface area contributed by atoms with E-state index in [-0.39, 0.29) is 23.9 Å². The Hall–Kier alpha value is -2.63. The number of nitrogens with one attached hydrogen (secondary N) is 1. The first-order valence-electron chi connectivity index (χ1n) is 8.78. The second-order valence-electron chi connectivity index (χ2n) is 6.58. The molecular weight excluding hydrogens is 316 g/mol. The van der Waals surface area contributed by atoms with E-state index < -0.39 is 0 Å². The quantitative estimate of drug-likeness (QED) is 0.930. The highest BCUT2D eigenvalue weighted by molar-refractivity contribution is 6.07. The van der Waals surface area contributed by atoms with Crippen LogP contribution in [0.1, 0.15) is 60.4 Å². The van der Waals surface area contributed by atoms with Crippen LogP contribution in [0.2, 0.25) is 0 Å². The van der Waals surface area contributed by atoms with Crippen molar-refractivity contribution < 1.29 is 9.59 Å². The van der Waals surface area contributed by atoms with E-state index in [1.807, 2.05) is 24.6 Å². The molecule has 0 aliphatic carbocycles. The minimum atomic E-state index is -0.151. The molecule has 0 saturated carbocycles. The lowest BCUT2D eigenvalue weighted by Gasteiger charge is -2.37. The average Bonchev–Trinajstić information content (AvgIpc) is 3.09. The topological polar surface area (TPSA) is 67.2 Å². The Bertz CT molecular complexity index is 783. The van der Waals surface area contributed by atoms with Crippen molar-refractivity contribution >= 4 is 17.6 Å². The van der Waals surface area contributed by atoms with Crippen LogP contribution in [0.25, 0.3) is 0 Å². The maximum atomic E-state index is 13.1. The molecule has 2 atom stereocenters. The largest absolute Gasteiger partial charge is 0.352 e. The Labute approximate surface area is 147 Å². The summed E-state index contributed by atoms with van der Waals surface area (Å²) in [6.07, 6.45) is 3.44. The third-order valence-corrected chi connectivity index (χ3v) is 4.56. The van der Waals surface area contributed by atoms with E-state index in [0.29, 0.717) is 17.7 Å². The fourth-order valence-corrected chi connectivity index (χ4v) is 3.34. The molecule has 2 amide bonds. The van der Waals surface area contributed by atoms with Crippen molar-refractivity contribution in [2.75, 3.05) is 11.4 Å². The lowest BCUT2D eigenvalue weighted by Crippen LogP contribution is -2.45. The summed E-state index contributed by atoms with van der Waals surface area (Å²) in [6, 6.07) is 9.10. The van der Waals surface area contributed by atoms with Crippen LogP contribution in [-0.4, -0.2) is 34.2 Å². The van der Waals surface area contributed by atoms with E-state index in [1.165, 1.54) is 0 Å². The van der Waals surface area contributed by atoms with E-state index >= 15 is 0 Å². The number of amides is 2. The number of carbonyl (C=O) groups excluding carboxylic acids is 2. The van der Waals surface area contributed by atoms with Crippen molar-refractivity contribution in [2.45, 2.75) is 45.7 Å². The fourth-order valence-electron chi connectivity index (χ4n) is 3.34. The summed E-state index contributed by atoms with van der Waals surface area (Å²) in [4.78, 5) is 27.1. The molecule has 0 fully saturated rings. The van der Waals surface area contributed by atoms with Crippen LogP contribution in [0.4, 0.5) is 5.82 Å². The normalized spacial score (nSPS) is 19.4. The SMILES string of the molecule is CCCNC(=O)c1cccc(C(=O)N2c3ccnn3[C@@H](C)C[C@H]2C)c1. The maximum absolute atomic E-state index is 13.1. The van der Waals surface area contributed by atoms with Crippen molar-refractivity contribution in [3.05, 3.63) is 47.7 Å². The van der Waals surface area contributed by atoms with Crippen LogP contribution in [0, 0.1) is 0 Å². The third-order valence-electron chi connectivity index (χ3n) is 4.56. The lowest BCUT2D eigenvalue weighted by molar-refractivity contribution is 0.0953. The Morgan fingerprint density at radius 1 is 1.20 bits per heavy atom. The number of aromatic nitrogens is 2. The summed E-state index contributed by atoms with van der Waals surface area (Å²) in [6.45, 7) is 6.77. The highest BCUT2D eigenvalue weighted by Crippen LogP contribution is 2.32. The molecule has 0 saturated heterocycles. The molecule has 1 aliphatic heterocycles. The van der Waals surface area contributed by atoms with Crippen molar-refractivity contribution in [1.29, 1.82) is 0 Å². The first-order valence-corrected chi connectivity index (χ1v) is 8.78. The van der Waals surface area contributed by atoms with E-state index in [9.17, 15) is 9.59 Å². The van der Waals surface area contributed by atoms with Crippen LogP contribution in [0.5, 0.6) is 0 Å². The molecule has 0 bridgehead atoms. The molecule has 6 nitrogen and oxygen atoms in total. The van der Waals surface area contributed by atoms with Gasteiger partial charge < -0.3 is 5.32 Å². The molecule has 0 radical (unpaired) electrons. The van der Waals surface area contributed by atoms with Crippen LogP contribution in [-0.2, 0) is 0 Å². The Kier molecular flexibility index (Phi) is 4.88. The molecule has 3 rings (SSSR count). The molecule has 1 aliphatic rings. The van der Waals surface area contributed by atoms with E-state index in [4.69, 9.17) is 0 Å². The second-order valence-corrected chi connectivity index (χ2v) is 6.58. The molecule has 1 aromatic heterocycles. The van der Waals surface area contributed by atoms with E-state index in [0.717, 1.165) is 18.7 Å². The molecule has 0 unspecified atom stereocenters. The van der Waals surface area contributed by atoms with Crippen molar-refractivity contribution in [3.63, 3.8) is 0 Å². The summed E-state index contributed by atoms with van der Waals surface area (Å²) in [5.74, 6) is 0.547. The van der Waals surface area contributed by atoms with Crippen LogP contribution in [0.15, 0.2) is 36.5 Å². The smallest absolute Gasteiger partial charge is 0.259 e. The monoisotopic (exact) mass is 340 g/mol. The third kappa shape index (κ3) is 3.29. The van der Waals surface area contributed by atoms with Gasteiger partial charge in [-0.2, -0.15) is 5.10 Å². The predicted molar refractivity (Wildman–Crippen MR) is 96.9 cm³/mol. The molecule has 0 spiro atoms. The summed E-state index contributed by atoms with van der Waals surface area (Å²) in [5.41, 5.74) is 1.02. The van der Waals surface area contributed by atoms with Gasteiger partial charge in [0.05, 0.1) is 12.2 Å². The number of benzene rings is 1. The number of fused-ring (bicyclic) bond motifs is 1. The summed E-state index contributed by atoms with van der Waals surface area (Å²) >= 11 is 0. The van der Waals surface area contributed by atoms with Gasteiger partial charge in [-0.3, -0.25) is 14.5 Å². The minimum absolute atomic E-state index is 0.0734. The number of anilines is 1. The van der Waals surface area contributed by atoms with Crippen LogP contribution in [0.3, 0.4) is 0 Å². The molecular formula is C19H24N4O2. The fraction of sp³-hybridized carbons (Fsp3) is 0.421. The first-order chi connectivity index (χ1) is 12.0. The van der Waals surface area contributed by atoms with Crippen LogP contribution < -0.4 is 10.2 Å². The zero-order valence-corrected chi connectivity index (χ0v) is 14.9. The van der Waals surface area contributed by atoms with Gasteiger partial charge in [0.15, 0.2) is 0 Å². The molecule has 6 heteroatoms. The van der Waals surface area contributed by atoms with Crippen molar-refractivity contribution in [1.82, 2.24) is 15.1 Å². The van der Waals surface area contributed by atoms with Crippen LogP contribution >= 0.6 is 0 Å². The zero-order chi connectivity index (χ0) is 18.0.